The second-order valence-electron chi connectivity index (χ2n) is 22.2. The lowest BCUT2D eigenvalue weighted by atomic mass is 10.4. The first kappa shape index (κ1) is 141. The van der Waals surface area contributed by atoms with Crippen molar-refractivity contribution in [3.8, 4) is 0 Å². The quantitative estimate of drug-likeness (QED) is 0.00673. The fourth-order valence-electron chi connectivity index (χ4n) is 7.08. The number of sulfone groups is 3. The highest BCUT2D eigenvalue weighted by Gasteiger charge is 2.33. The number of alkyl halides is 1. The summed E-state index contributed by atoms with van der Waals surface area (Å²) >= 11 is 50.8. The fourth-order valence-corrected chi connectivity index (χ4v) is 13.7. The number of hydrogen-bond acceptors (Lipinski definition) is 38. The second-order valence-corrected chi connectivity index (χ2v) is 35.3. The van der Waals surface area contributed by atoms with Crippen molar-refractivity contribution in [1.29, 1.82) is 0 Å². The Morgan fingerprint density at radius 3 is 1.19 bits per heavy atom. The highest BCUT2D eigenvalue weighted by Crippen LogP contribution is 2.34. The molecule has 0 radical (unpaired) electrons. The van der Waals surface area contributed by atoms with E-state index in [4.69, 9.17) is 52.1 Å². The van der Waals surface area contributed by atoms with Gasteiger partial charge in [-0.15, -0.1) is 22.7 Å². The third kappa shape index (κ3) is 49.6. The normalized spacial score (nSPS) is 9.65. The van der Waals surface area contributed by atoms with Crippen molar-refractivity contribution in [2.24, 2.45) is 42.3 Å². The molecule has 11 heterocycles. The monoisotopic (exact) mass is 2180 g/mol. The van der Waals surface area contributed by atoms with Gasteiger partial charge in [-0.2, -0.15) is 116 Å². The molecule has 125 heavy (non-hydrogen) atoms. The van der Waals surface area contributed by atoms with E-state index in [0.717, 1.165) is 32.0 Å². The molecular weight excluding hydrogens is 2060 g/mol. The number of nitrogens with zero attached hydrogens (tertiary/aromatic N) is 22. The molecule has 0 bridgehead atoms. The lowest BCUT2D eigenvalue weighted by Crippen LogP contribution is -2.16. The number of anilines is 3. The molecule has 0 spiro atoms. The van der Waals surface area contributed by atoms with Crippen molar-refractivity contribution in [2.45, 2.75) is 168 Å². The van der Waals surface area contributed by atoms with Gasteiger partial charge in [-0.1, -0.05) is 137 Å². The minimum absolute atomic E-state index is 0. The Balaban J connectivity index is -0.000000130. The molecule has 0 saturated carbocycles. The molecule has 0 aliphatic heterocycles. The average molecular weight is 2190 g/mol. The van der Waals surface area contributed by atoms with Gasteiger partial charge >= 0.3 is 28.4 Å². The molecule has 0 atom stereocenters. The van der Waals surface area contributed by atoms with E-state index in [2.05, 4.69) is 164 Å². The van der Waals surface area contributed by atoms with Gasteiger partial charge in [0.25, 0.3) is 5.03 Å². The number of thioether (sulfide) groups is 1. The molecular formula is C67H122Cl4IN25O16S12. The smallest absolute Gasteiger partial charge is 0.326 e. The van der Waals surface area contributed by atoms with E-state index >= 15 is 0 Å². The molecule has 0 aromatic carbocycles. The molecule has 4 N–H and O–H groups in total. The summed E-state index contributed by atoms with van der Waals surface area (Å²) in [6.07, 6.45) is 20.2. The van der Waals surface area contributed by atoms with Crippen LogP contribution < -0.4 is 11.1 Å². The number of halogens is 5. The molecule has 58 heteroatoms. The van der Waals surface area contributed by atoms with Crippen molar-refractivity contribution in [1.82, 2.24) is 88.8 Å². The third-order valence-corrected chi connectivity index (χ3v) is 22.0. The SMILES string of the molecule is C.C.C.C.C.C.C.CC(C)S.CC(C)S(=O)(=O)c1nn(C)cc1N.CC(C)S(=O)(=O)c1nn(C)cc1Nc1nc(Cl)nc2ccsc12.CC(C)S(=O)(=O)c1nn(C)cc1[N+](=O)[O-].CC(C)Sc1nn(C)cc1[N+](=O)[O-].CI.CS.CS.CS.CS.CS.Clc1nc(Cl)c2sccc2n1.Cn1cc([N+](=O)[O-])c(Cl)n1.Cn1cc([N+](=O)[O-])cn1.O=[N+]([O-])c1cn[nH]c1. The first-order valence-electron chi connectivity index (χ1n) is 32.2. The zero-order valence-electron chi connectivity index (χ0n) is 67.4. The van der Waals surface area contributed by atoms with Crippen molar-refractivity contribution >= 4 is 275 Å². The summed E-state index contributed by atoms with van der Waals surface area (Å²) in [6, 6.07) is 3.69. The van der Waals surface area contributed by atoms with Crippen LogP contribution in [0.15, 0.2) is 98.8 Å². The summed E-state index contributed by atoms with van der Waals surface area (Å²) in [5.41, 5.74) is 7.04. The van der Waals surface area contributed by atoms with Gasteiger partial charge in [-0.05, 0) is 129 Å². The van der Waals surface area contributed by atoms with Crippen molar-refractivity contribution in [3.63, 3.8) is 0 Å². The van der Waals surface area contributed by atoms with Crippen LogP contribution in [-0.2, 0) is 71.8 Å². The minimum atomic E-state index is -3.71. The van der Waals surface area contributed by atoms with Gasteiger partial charge in [0.05, 0.1) is 78.4 Å². The molecule has 0 unspecified atom stereocenters. The lowest BCUT2D eigenvalue weighted by molar-refractivity contribution is -0.388. The maximum atomic E-state index is 12.5. The number of nitrogens with one attached hydrogen (secondary N) is 2. The van der Waals surface area contributed by atoms with Gasteiger partial charge in [0.15, 0.2) is 21.0 Å². The molecule has 718 valence electrons. The van der Waals surface area contributed by atoms with Gasteiger partial charge in [-0.25, -0.2) is 40.2 Å². The molecule has 0 amide bonds. The van der Waals surface area contributed by atoms with E-state index in [1.807, 2.05) is 55.5 Å². The molecule has 0 aliphatic carbocycles. The number of nitrogen functional groups attached to an aromatic ring is 1. The summed E-state index contributed by atoms with van der Waals surface area (Å²) < 4.78 is 81.3. The number of thiophene rings is 2. The molecule has 0 fully saturated rings. The molecule has 41 nitrogen and oxygen atoms in total. The number of aromatic amines is 1. The van der Waals surface area contributed by atoms with Crippen LogP contribution in [0.5, 0.6) is 0 Å². The van der Waals surface area contributed by atoms with E-state index in [0.29, 0.717) is 37.7 Å². The Morgan fingerprint density at radius 2 is 0.840 bits per heavy atom. The summed E-state index contributed by atoms with van der Waals surface area (Å²) in [4.78, 5) is 66.4. The van der Waals surface area contributed by atoms with Crippen LogP contribution in [0.3, 0.4) is 0 Å². The Bertz CT molecular complexity index is 5180. The minimum Gasteiger partial charge on any atom is -0.395 e. The fraction of sp³-hybridized carbons (Fsp3) is 0.507. The number of thiol groups is 6. The van der Waals surface area contributed by atoms with Gasteiger partial charge in [-0.3, -0.25) is 83.8 Å². The number of rotatable bonds is 15. The van der Waals surface area contributed by atoms with E-state index in [9.17, 15) is 75.8 Å². The third-order valence-electron chi connectivity index (χ3n) is 11.9. The molecule has 0 saturated heterocycles. The van der Waals surface area contributed by atoms with Gasteiger partial charge in [0.2, 0.25) is 50.3 Å². The number of nitro groups is 5. The van der Waals surface area contributed by atoms with Crippen LogP contribution in [-0.4, -0.2) is 201 Å². The van der Waals surface area contributed by atoms with Crippen LogP contribution >= 0.6 is 179 Å². The van der Waals surface area contributed by atoms with Crippen molar-refractivity contribution < 1.29 is 49.9 Å². The number of hydrogen-bond donors (Lipinski definition) is 9. The largest absolute Gasteiger partial charge is 0.395 e. The Morgan fingerprint density at radius 1 is 0.472 bits per heavy atom. The molecule has 11 aromatic rings. The summed E-state index contributed by atoms with van der Waals surface area (Å²) in [5.74, 6) is 0.461. The number of aryl methyl sites for hydroxylation is 6. The number of aromatic nitrogens is 18. The number of H-pyrrole nitrogens is 1. The van der Waals surface area contributed by atoms with Gasteiger partial charge in [0, 0.05) is 59.9 Å². The predicted molar refractivity (Wildman–Crippen MR) is 547 cm³/mol. The van der Waals surface area contributed by atoms with Crippen LogP contribution in [0, 0.1) is 50.6 Å². The molecule has 11 rings (SSSR count). The summed E-state index contributed by atoms with van der Waals surface area (Å²) in [5, 5.41) is 85.9. The van der Waals surface area contributed by atoms with Crippen LogP contribution in [0.2, 0.25) is 20.9 Å². The zero-order chi connectivity index (χ0) is 92.8. The number of nitrogens with two attached hydrogens (primary N) is 1. The summed E-state index contributed by atoms with van der Waals surface area (Å²) in [7, 11) is -0.959. The maximum Gasteiger partial charge on any atom is 0.326 e. The second kappa shape index (κ2) is 72.2. The average Bonchev–Trinajstić information content (AvgIpc) is 1.66. The Labute approximate surface area is 813 Å². The highest BCUT2D eigenvalue weighted by atomic mass is 127. The van der Waals surface area contributed by atoms with E-state index in [1.54, 1.807) is 100 Å². The van der Waals surface area contributed by atoms with Crippen LogP contribution in [0.25, 0.3) is 20.4 Å². The first-order chi connectivity index (χ1) is 55.0. The van der Waals surface area contributed by atoms with Crippen molar-refractivity contribution in [3.05, 3.63) is 150 Å². The van der Waals surface area contributed by atoms with Crippen molar-refractivity contribution in [2.75, 3.05) is 47.3 Å². The van der Waals surface area contributed by atoms with E-state index in [-0.39, 0.29) is 106 Å². The Hall–Kier alpha value is -6.66. The summed E-state index contributed by atoms with van der Waals surface area (Å²) in [6.45, 7) is 17.4. The lowest BCUT2D eigenvalue weighted by Gasteiger charge is -2.09. The Kier molecular flexibility index (Phi) is 81.7. The standard InChI is InChI=1S/C13H14ClN5O2S2.C7H11N3O4S.C7H11N3O2S.C7H13N3O2S.C6H2Cl2N2S.C4H4ClN3O2.C4H5N3O2.C3H3N3O2.C3H8S.CH3I.5CH4S.7CH4/c1-7(2)23(20,21)12-9(6-19(3)18-12)15-11-10-8(4-5-22-10)16-13(14)17-11;1-5(2)15(13,14)7-6(10(11)12)4-9(3)8-7;1-5(2)13-7-6(10(11)12)4-9(3)8-7;1-5(2)13(11,12)7-6(8)4-10(3)9-7;7-5-4-3(1-2-11-4)9-6(8)10-5;1-7-2-3(8(9)10)4(5)6-7;1-6-3-4(2-5-6)7(8)9;7-6(8)3-1-4-5-2-3;1-3(2)4;6*1-2;;;;;;;/h4-7H,1-3H3,(H,15,16,17);4-5H,1-3H3;4-5H,1-3H3;4-5H,8H2,1-3H3;1-2H;2H,1H3;2-3H,1H3;1-2H,(H,4,5);3-4H,1-2H3;1H3;5*2H,1H3;7*1H4. The highest BCUT2D eigenvalue weighted by molar-refractivity contribution is 14.1. The first-order valence-corrected chi connectivity index (χ1v) is 48.2. The van der Waals surface area contributed by atoms with Crippen LogP contribution in [0.4, 0.5) is 45.6 Å². The van der Waals surface area contributed by atoms with Gasteiger partial charge in [0.1, 0.15) is 37.2 Å². The molecule has 11 aromatic heterocycles. The topological polar surface area (TPSA) is 543 Å². The zero-order valence-corrected chi connectivity index (χ0v) is 82.8. The maximum absolute atomic E-state index is 12.5. The predicted octanol–water partition coefficient (Wildman–Crippen LogP) is 19.7. The molecule has 0 aliphatic rings. The van der Waals surface area contributed by atoms with Gasteiger partial charge < -0.3 is 11.1 Å². The van der Waals surface area contributed by atoms with E-state index < -0.39 is 80.6 Å². The van der Waals surface area contributed by atoms with Crippen LogP contribution in [0.1, 0.15) is 121 Å². The number of fused-ring (bicyclic) bond motifs is 2. The van der Waals surface area contributed by atoms with E-state index in [1.165, 1.54) is 116 Å².